The zero-order valence-corrected chi connectivity index (χ0v) is 10.4. The molecular weight excluding hydrogens is 200 g/mol. The summed E-state index contributed by atoms with van der Waals surface area (Å²) in [7, 11) is 0. The van der Waals surface area contributed by atoms with Crippen LogP contribution in [0.2, 0.25) is 0 Å². The molecule has 0 N–H and O–H groups in total. The van der Waals surface area contributed by atoms with Crippen LogP contribution in [-0.2, 0) is 0 Å². The molecule has 0 atom stereocenters. The number of rotatable bonds is 6. The number of hydrogen-bond acceptors (Lipinski definition) is 2. The fraction of sp³-hybridized carbons (Fsp3) is 0.500. The van der Waals surface area contributed by atoms with Gasteiger partial charge in [0.1, 0.15) is 5.75 Å². The van der Waals surface area contributed by atoms with E-state index in [4.69, 9.17) is 4.74 Å². The van der Waals surface area contributed by atoms with Gasteiger partial charge in [-0.25, -0.2) is 0 Å². The minimum absolute atomic E-state index is 0.682. The van der Waals surface area contributed by atoms with Gasteiger partial charge < -0.3 is 4.74 Å². The standard InChI is InChI=1S/C14H20O2/c1-4-5-6-7-16-14-9-11(2)8-12(3)13(14)10-15/h8-10H,4-7H2,1-3H3. The summed E-state index contributed by atoms with van der Waals surface area (Å²) in [6.45, 7) is 6.81. The summed E-state index contributed by atoms with van der Waals surface area (Å²) in [5, 5.41) is 0. The van der Waals surface area contributed by atoms with Crippen molar-refractivity contribution in [2.45, 2.75) is 40.0 Å². The first-order valence-electron chi connectivity index (χ1n) is 5.88. The second kappa shape index (κ2) is 6.31. The van der Waals surface area contributed by atoms with Crippen molar-refractivity contribution in [2.24, 2.45) is 0 Å². The Labute approximate surface area is 97.6 Å². The van der Waals surface area contributed by atoms with Crippen LogP contribution in [0.25, 0.3) is 0 Å². The van der Waals surface area contributed by atoms with E-state index in [1.165, 1.54) is 12.8 Å². The lowest BCUT2D eigenvalue weighted by Gasteiger charge is -2.11. The Morgan fingerprint density at radius 3 is 2.62 bits per heavy atom. The molecule has 0 unspecified atom stereocenters. The predicted octanol–water partition coefficient (Wildman–Crippen LogP) is 3.68. The molecule has 0 aromatic heterocycles. The zero-order valence-electron chi connectivity index (χ0n) is 10.4. The first-order chi connectivity index (χ1) is 7.69. The van der Waals surface area contributed by atoms with Gasteiger partial charge in [-0.1, -0.05) is 25.8 Å². The van der Waals surface area contributed by atoms with E-state index in [-0.39, 0.29) is 0 Å². The van der Waals surface area contributed by atoms with E-state index in [1.807, 2.05) is 26.0 Å². The molecule has 0 saturated carbocycles. The number of unbranched alkanes of at least 4 members (excludes halogenated alkanes) is 2. The molecule has 0 aliphatic heterocycles. The Morgan fingerprint density at radius 2 is 2.00 bits per heavy atom. The summed E-state index contributed by atoms with van der Waals surface area (Å²) in [6, 6.07) is 3.94. The Hall–Kier alpha value is -1.31. The van der Waals surface area contributed by atoms with Crippen molar-refractivity contribution in [3.63, 3.8) is 0 Å². The van der Waals surface area contributed by atoms with Gasteiger partial charge in [-0.15, -0.1) is 0 Å². The Morgan fingerprint density at radius 1 is 1.25 bits per heavy atom. The van der Waals surface area contributed by atoms with E-state index in [2.05, 4.69) is 6.92 Å². The molecule has 2 heteroatoms. The van der Waals surface area contributed by atoms with Crippen LogP contribution in [0.1, 0.15) is 47.7 Å². The average Bonchev–Trinajstić information content (AvgIpc) is 2.24. The van der Waals surface area contributed by atoms with Crippen LogP contribution in [0.5, 0.6) is 5.75 Å². The molecule has 1 rings (SSSR count). The molecule has 0 heterocycles. The molecule has 0 radical (unpaired) electrons. The molecule has 88 valence electrons. The van der Waals surface area contributed by atoms with Gasteiger partial charge in [0.2, 0.25) is 0 Å². The van der Waals surface area contributed by atoms with Crippen molar-refractivity contribution >= 4 is 6.29 Å². The molecule has 0 spiro atoms. The molecule has 0 bridgehead atoms. The summed E-state index contributed by atoms with van der Waals surface area (Å²) in [6.07, 6.45) is 4.27. The van der Waals surface area contributed by atoms with Crippen LogP contribution in [-0.4, -0.2) is 12.9 Å². The Bertz CT molecular complexity index is 356. The third kappa shape index (κ3) is 3.37. The molecule has 0 saturated heterocycles. The van der Waals surface area contributed by atoms with E-state index in [1.54, 1.807) is 0 Å². The van der Waals surface area contributed by atoms with Gasteiger partial charge in [-0.2, -0.15) is 0 Å². The van der Waals surface area contributed by atoms with Crippen LogP contribution >= 0.6 is 0 Å². The molecule has 0 fully saturated rings. The number of carbonyl (C=O) groups excluding carboxylic acids is 1. The first kappa shape index (κ1) is 12.8. The van der Waals surface area contributed by atoms with E-state index >= 15 is 0 Å². The zero-order chi connectivity index (χ0) is 12.0. The quantitative estimate of drug-likeness (QED) is 0.540. The molecule has 1 aromatic rings. The monoisotopic (exact) mass is 220 g/mol. The maximum absolute atomic E-state index is 11.0. The summed E-state index contributed by atoms with van der Waals surface area (Å²) >= 11 is 0. The van der Waals surface area contributed by atoms with Crippen LogP contribution in [0.4, 0.5) is 0 Å². The molecule has 1 aromatic carbocycles. The average molecular weight is 220 g/mol. The number of carbonyl (C=O) groups is 1. The summed E-state index contributed by atoms with van der Waals surface area (Å²) < 4.78 is 5.66. The van der Waals surface area contributed by atoms with Gasteiger partial charge >= 0.3 is 0 Å². The van der Waals surface area contributed by atoms with Gasteiger partial charge in [-0.05, 0) is 37.5 Å². The van der Waals surface area contributed by atoms with Crippen LogP contribution in [0.3, 0.4) is 0 Å². The number of aryl methyl sites for hydroxylation is 2. The Kier molecular flexibility index (Phi) is 5.03. The molecule has 16 heavy (non-hydrogen) atoms. The lowest BCUT2D eigenvalue weighted by Crippen LogP contribution is -2.01. The van der Waals surface area contributed by atoms with E-state index < -0.39 is 0 Å². The van der Waals surface area contributed by atoms with Crippen molar-refractivity contribution in [3.8, 4) is 5.75 Å². The maximum atomic E-state index is 11.0. The van der Waals surface area contributed by atoms with Crippen LogP contribution in [0.15, 0.2) is 12.1 Å². The SMILES string of the molecule is CCCCCOc1cc(C)cc(C)c1C=O. The van der Waals surface area contributed by atoms with Gasteiger partial charge in [0.15, 0.2) is 6.29 Å². The highest BCUT2D eigenvalue weighted by Crippen LogP contribution is 2.22. The number of aldehydes is 1. The minimum atomic E-state index is 0.682. The van der Waals surface area contributed by atoms with Gasteiger partial charge in [0, 0.05) is 0 Å². The van der Waals surface area contributed by atoms with Gasteiger partial charge in [0.25, 0.3) is 0 Å². The van der Waals surface area contributed by atoms with Gasteiger partial charge in [0.05, 0.1) is 12.2 Å². The highest BCUT2D eigenvalue weighted by molar-refractivity contribution is 5.81. The number of benzene rings is 1. The smallest absolute Gasteiger partial charge is 0.154 e. The molecule has 2 nitrogen and oxygen atoms in total. The predicted molar refractivity (Wildman–Crippen MR) is 66.3 cm³/mol. The van der Waals surface area contributed by atoms with Crippen molar-refractivity contribution in [1.82, 2.24) is 0 Å². The first-order valence-corrected chi connectivity index (χ1v) is 5.88. The normalized spacial score (nSPS) is 10.2. The van der Waals surface area contributed by atoms with E-state index in [9.17, 15) is 4.79 Å². The maximum Gasteiger partial charge on any atom is 0.154 e. The van der Waals surface area contributed by atoms with Crippen molar-refractivity contribution in [3.05, 3.63) is 28.8 Å². The van der Waals surface area contributed by atoms with Gasteiger partial charge in [-0.3, -0.25) is 4.79 Å². The lowest BCUT2D eigenvalue weighted by molar-refractivity contribution is 0.111. The topological polar surface area (TPSA) is 26.3 Å². The second-order valence-electron chi connectivity index (χ2n) is 4.17. The summed E-state index contributed by atoms with van der Waals surface area (Å²) in [4.78, 5) is 11.0. The summed E-state index contributed by atoms with van der Waals surface area (Å²) in [5.41, 5.74) is 2.80. The van der Waals surface area contributed by atoms with E-state index in [0.717, 1.165) is 29.6 Å². The third-order valence-corrected chi connectivity index (χ3v) is 2.62. The van der Waals surface area contributed by atoms with Crippen molar-refractivity contribution in [1.29, 1.82) is 0 Å². The van der Waals surface area contributed by atoms with Crippen LogP contribution < -0.4 is 4.74 Å². The minimum Gasteiger partial charge on any atom is -0.493 e. The largest absolute Gasteiger partial charge is 0.493 e. The second-order valence-corrected chi connectivity index (χ2v) is 4.17. The number of ether oxygens (including phenoxy) is 1. The van der Waals surface area contributed by atoms with Crippen molar-refractivity contribution in [2.75, 3.05) is 6.61 Å². The number of hydrogen-bond donors (Lipinski definition) is 0. The van der Waals surface area contributed by atoms with Crippen LogP contribution in [0, 0.1) is 13.8 Å². The lowest BCUT2D eigenvalue weighted by atomic mass is 10.1. The highest BCUT2D eigenvalue weighted by atomic mass is 16.5. The van der Waals surface area contributed by atoms with E-state index in [0.29, 0.717) is 12.2 Å². The summed E-state index contributed by atoms with van der Waals surface area (Å²) in [5.74, 6) is 0.726. The molecule has 0 amide bonds. The molecule has 0 aliphatic rings. The Balaban J connectivity index is 2.73. The highest BCUT2D eigenvalue weighted by Gasteiger charge is 2.07. The van der Waals surface area contributed by atoms with Crippen molar-refractivity contribution < 1.29 is 9.53 Å². The molecular formula is C14H20O2. The third-order valence-electron chi connectivity index (χ3n) is 2.62. The fourth-order valence-electron chi connectivity index (χ4n) is 1.74. The fourth-order valence-corrected chi connectivity index (χ4v) is 1.74. The molecule has 0 aliphatic carbocycles.